The lowest BCUT2D eigenvalue weighted by Crippen LogP contribution is -2.07. The summed E-state index contributed by atoms with van der Waals surface area (Å²) in [5.74, 6) is 1.55. The number of para-hydroxylation sites is 3. The second-order valence-corrected chi connectivity index (χ2v) is 18.4. The molecule has 0 aliphatic heterocycles. The predicted molar refractivity (Wildman–Crippen MR) is 286 cm³/mol. The summed E-state index contributed by atoms with van der Waals surface area (Å²) in [6, 6.07) is 75.1. The lowest BCUT2D eigenvalue weighted by molar-refractivity contribution is 0.669. The topological polar surface area (TPSA) is 74.8 Å². The molecule has 0 bridgehead atoms. The minimum Gasteiger partial charge on any atom is -0.456 e. The lowest BCUT2D eigenvalue weighted by atomic mass is 10.0. The summed E-state index contributed by atoms with van der Waals surface area (Å²) < 4.78 is 18.1. The molecule has 7 heteroatoms. The molecule has 0 saturated carbocycles. The standard InChI is InChI=1S/C63H35N5O2/c1-4-17-39-31-52-47(28-36(39)14-1)48-29-37-15-2-5-18-40(37)32-53(48)67(52)54-33-42(35-58-60(54)49-30-38-16-3-6-19-41(38)34-57(49)70-58)61-64-62(46-23-13-27-56-59(46)45-22-9-12-26-55(45)69-56)66-63(65-61)68-50-24-10-7-20-43(50)44-21-8-11-25-51(44)68/h1-35H. The zero-order chi connectivity index (χ0) is 45.6. The first kappa shape index (κ1) is 37.5. The summed E-state index contributed by atoms with van der Waals surface area (Å²) in [6.07, 6.45) is 0. The van der Waals surface area contributed by atoms with Gasteiger partial charge in [-0.1, -0.05) is 140 Å². The Morgan fingerprint density at radius 3 is 1.47 bits per heavy atom. The van der Waals surface area contributed by atoms with Gasteiger partial charge in [-0.2, -0.15) is 9.97 Å². The van der Waals surface area contributed by atoms with Crippen molar-refractivity contribution in [2.75, 3.05) is 0 Å². The minimum atomic E-state index is 0.509. The van der Waals surface area contributed by atoms with Gasteiger partial charge in [0.15, 0.2) is 11.6 Å². The molecule has 0 radical (unpaired) electrons. The van der Waals surface area contributed by atoms with E-state index in [-0.39, 0.29) is 0 Å². The monoisotopic (exact) mass is 893 g/mol. The number of hydrogen-bond donors (Lipinski definition) is 0. The third-order valence-electron chi connectivity index (χ3n) is 14.5. The Morgan fingerprint density at radius 2 is 0.814 bits per heavy atom. The first-order valence-electron chi connectivity index (χ1n) is 23.6. The molecule has 324 valence electrons. The summed E-state index contributed by atoms with van der Waals surface area (Å²) in [7, 11) is 0. The molecule has 0 aliphatic rings. The van der Waals surface area contributed by atoms with Gasteiger partial charge in [-0.15, -0.1) is 0 Å². The van der Waals surface area contributed by atoms with Gasteiger partial charge in [0, 0.05) is 48.8 Å². The van der Waals surface area contributed by atoms with Crippen molar-refractivity contribution in [3.63, 3.8) is 0 Å². The van der Waals surface area contributed by atoms with Gasteiger partial charge < -0.3 is 13.4 Å². The van der Waals surface area contributed by atoms with Gasteiger partial charge in [-0.25, -0.2) is 4.98 Å². The van der Waals surface area contributed by atoms with Crippen LogP contribution in [0, 0.1) is 0 Å². The van der Waals surface area contributed by atoms with E-state index in [4.69, 9.17) is 23.8 Å². The molecule has 16 aromatic rings. The highest BCUT2D eigenvalue weighted by Crippen LogP contribution is 2.44. The van der Waals surface area contributed by atoms with Crippen molar-refractivity contribution in [2.24, 2.45) is 0 Å². The van der Waals surface area contributed by atoms with E-state index in [2.05, 4.69) is 191 Å². The number of aromatic nitrogens is 5. The van der Waals surface area contributed by atoms with E-state index in [1.807, 2.05) is 30.3 Å². The van der Waals surface area contributed by atoms with E-state index >= 15 is 0 Å². The minimum absolute atomic E-state index is 0.509. The van der Waals surface area contributed by atoms with E-state index in [1.54, 1.807) is 0 Å². The van der Waals surface area contributed by atoms with Gasteiger partial charge in [-0.05, 0) is 105 Å². The van der Waals surface area contributed by atoms with E-state index < -0.39 is 0 Å². The maximum atomic E-state index is 7.05. The lowest BCUT2D eigenvalue weighted by Gasteiger charge is -2.14. The fourth-order valence-corrected chi connectivity index (χ4v) is 11.3. The summed E-state index contributed by atoms with van der Waals surface area (Å²) in [5.41, 5.74) is 9.93. The molecular weight excluding hydrogens is 859 g/mol. The van der Waals surface area contributed by atoms with E-state index in [0.29, 0.717) is 17.6 Å². The Bertz CT molecular complexity index is 4770. The normalized spacial score (nSPS) is 12.3. The average molecular weight is 894 g/mol. The molecular formula is C63H35N5O2. The number of hydrogen-bond acceptors (Lipinski definition) is 5. The predicted octanol–water partition coefficient (Wildman–Crippen LogP) is 16.7. The van der Waals surface area contributed by atoms with Crippen molar-refractivity contribution in [1.29, 1.82) is 0 Å². The number of benzene rings is 11. The van der Waals surface area contributed by atoms with Crippen LogP contribution in [-0.2, 0) is 0 Å². The molecule has 11 aromatic carbocycles. The van der Waals surface area contributed by atoms with Crippen molar-refractivity contribution in [2.45, 2.75) is 0 Å². The zero-order valence-corrected chi connectivity index (χ0v) is 37.3. The van der Waals surface area contributed by atoms with Crippen LogP contribution in [0.5, 0.6) is 0 Å². The van der Waals surface area contributed by atoms with Crippen LogP contribution in [0.15, 0.2) is 221 Å². The van der Waals surface area contributed by atoms with Crippen LogP contribution in [-0.4, -0.2) is 24.1 Å². The second kappa shape index (κ2) is 14.0. The molecule has 0 aliphatic carbocycles. The molecule has 16 rings (SSSR count). The van der Waals surface area contributed by atoms with Gasteiger partial charge >= 0.3 is 0 Å². The molecule has 0 atom stereocenters. The van der Waals surface area contributed by atoms with Crippen molar-refractivity contribution in [3.8, 4) is 34.4 Å². The van der Waals surface area contributed by atoms with Crippen molar-refractivity contribution in [3.05, 3.63) is 212 Å². The third kappa shape index (κ3) is 5.31. The molecule has 7 nitrogen and oxygen atoms in total. The highest BCUT2D eigenvalue weighted by atomic mass is 16.3. The van der Waals surface area contributed by atoms with Gasteiger partial charge in [0.1, 0.15) is 22.3 Å². The SMILES string of the molecule is c1ccc2cc3c(cc2c1)oc1cc(-c2nc(-c4cccc5oc6ccccc6c45)nc(-n4c5ccccc5c5ccccc54)n2)cc(-n2c4cc5ccccc5cc4c4cc5ccccc5cc42)c13. The largest absolute Gasteiger partial charge is 0.456 e. The summed E-state index contributed by atoms with van der Waals surface area (Å²) >= 11 is 0. The molecule has 0 unspecified atom stereocenters. The Hall–Kier alpha value is -9.59. The average Bonchev–Trinajstić information content (AvgIpc) is 4.16. The number of furan rings is 2. The first-order valence-corrected chi connectivity index (χ1v) is 23.6. The zero-order valence-electron chi connectivity index (χ0n) is 37.3. The van der Waals surface area contributed by atoms with E-state index in [0.717, 1.165) is 115 Å². The summed E-state index contributed by atoms with van der Waals surface area (Å²) in [5, 5.41) is 15.6. The van der Waals surface area contributed by atoms with Crippen molar-refractivity contribution >= 4 is 120 Å². The van der Waals surface area contributed by atoms with Gasteiger partial charge in [0.25, 0.3) is 0 Å². The Balaban J connectivity index is 1.06. The van der Waals surface area contributed by atoms with Crippen LogP contribution < -0.4 is 0 Å². The summed E-state index contributed by atoms with van der Waals surface area (Å²) in [6.45, 7) is 0. The molecule has 0 fully saturated rings. The molecule has 5 aromatic heterocycles. The van der Waals surface area contributed by atoms with Crippen LogP contribution in [0.3, 0.4) is 0 Å². The Morgan fingerprint density at radius 1 is 0.300 bits per heavy atom. The fraction of sp³-hybridized carbons (Fsp3) is 0. The van der Waals surface area contributed by atoms with Gasteiger partial charge in [0.05, 0.1) is 33.1 Å². The van der Waals surface area contributed by atoms with Crippen LogP contribution in [0.4, 0.5) is 0 Å². The van der Waals surface area contributed by atoms with Crippen molar-refractivity contribution in [1.82, 2.24) is 24.1 Å². The van der Waals surface area contributed by atoms with Gasteiger partial charge in [-0.3, -0.25) is 4.57 Å². The fourth-order valence-electron chi connectivity index (χ4n) is 11.3. The maximum absolute atomic E-state index is 7.05. The molecule has 70 heavy (non-hydrogen) atoms. The molecule has 5 heterocycles. The molecule has 0 N–H and O–H groups in total. The molecule has 0 saturated heterocycles. The first-order chi connectivity index (χ1) is 34.7. The van der Waals surface area contributed by atoms with E-state index in [1.165, 1.54) is 21.5 Å². The number of fused-ring (bicyclic) bond motifs is 15. The highest BCUT2D eigenvalue weighted by molar-refractivity contribution is 6.20. The molecule has 0 spiro atoms. The van der Waals surface area contributed by atoms with Crippen LogP contribution in [0.2, 0.25) is 0 Å². The third-order valence-corrected chi connectivity index (χ3v) is 14.5. The quantitative estimate of drug-likeness (QED) is 0.176. The van der Waals surface area contributed by atoms with E-state index in [9.17, 15) is 0 Å². The van der Waals surface area contributed by atoms with Crippen LogP contribution >= 0.6 is 0 Å². The van der Waals surface area contributed by atoms with Gasteiger partial charge in [0.2, 0.25) is 5.95 Å². The Kier molecular flexibility index (Phi) is 7.49. The smallest absolute Gasteiger partial charge is 0.238 e. The maximum Gasteiger partial charge on any atom is 0.238 e. The number of nitrogens with zero attached hydrogens (tertiary/aromatic N) is 5. The second-order valence-electron chi connectivity index (χ2n) is 18.4. The number of rotatable bonds is 4. The Labute approximate surface area is 397 Å². The molecule has 0 amide bonds. The highest BCUT2D eigenvalue weighted by Gasteiger charge is 2.25. The summed E-state index contributed by atoms with van der Waals surface area (Å²) in [4.78, 5) is 16.4. The van der Waals surface area contributed by atoms with Crippen molar-refractivity contribution < 1.29 is 8.83 Å². The van der Waals surface area contributed by atoms with Crippen LogP contribution in [0.25, 0.3) is 154 Å². The van der Waals surface area contributed by atoms with Crippen LogP contribution in [0.1, 0.15) is 0 Å².